The summed E-state index contributed by atoms with van der Waals surface area (Å²) in [6.45, 7) is 70.9. The van der Waals surface area contributed by atoms with E-state index in [0.29, 0.717) is 104 Å². The maximum atomic E-state index is 12.8. The Balaban J connectivity index is 0.000000157. The van der Waals surface area contributed by atoms with E-state index < -0.39 is 18.3 Å². The van der Waals surface area contributed by atoms with Crippen molar-refractivity contribution in [2.24, 2.45) is 158 Å². The quantitative estimate of drug-likeness (QED) is 0.0735. The number of ketones is 3. The van der Waals surface area contributed by atoms with Gasteiger partial charge in [0.2, 0.25) is 0 Å². The van der Waals surface area contributed by atoms with Gasteiger partial charge in [0.15, 0.2) is 0 Å². The van der Waals surface area contributed by atoms with Crippen LogP contribution in [0.15, 0.2) is 104 Å². The number of carbonyl (C=O) groups excluding carboxylic acids is 5. The minimum Gasteiger partial charge on any atom is -0.393 e. The summed E-state index contributed by atoms with van der Waals surface area (Å²) in [6.07, 6.45) is 59.3. The molecule has 10 heteroatoms. The Morgan fingerprint density at radius 2 is 0.765 bits per heavy atom. The van der Waals surface area contributed by atoms with Crippen molar-refractivity contribution < 1.29 is 49.5 Å². The standard InChI is InChI=1S/C31H50O.C30H48O4.C30H46O2.C30H50O.CO2/c1-9-21(2)11-10-12-22(3)23-15-19-31(8)25-13-14-26-28(4,5)27(32)17-18-29(26,6)24(25)16-20-30(23,31)7;1-19(8-11-25(33)30(7,34)18-31)20-12-16-29(6)22-9-10-23-26(2,3)24(32)14-15-27(23,4)21(22)13-17-28(20,29)5;1-20(19-31)9-8-10-21(2)22-13-17-30(7)24-11-12-25-27(3,4)26(32)15-16-28(25,5)23(24)14-18-29(22,30)6;1-20(2)10-9-11-21(3)22-14-18-30(8)24-12-13-25-27(4,5)26(31)16-17-28(25,6)23(24)15-19-29(22,30)7;2-1-3/h11,22-23,26H,9-10,12-20H2,1-8H3;9,13,19-20,23,25,31,33-34H,8,10-12,14-18H2,1-7H3;9,11,14,21-22,25,31H,8,10,12-13,15-19H2,1-7H3;10,21-22,25-26,31H,9,11-19H2,1-8H3;/b;;20-9-;;/t22-,23-,26?,29-,30-,31+;19-,20-,23?,25+,27-,28-,29+,30-;21-,22-,25?,28-,29-,30+;21-,22-,25?,26+,28-,29-,30+;/m1111./s1. The normalized spacial score (nSPS) is 42.0. The molecule has 8 saturated carbocycles. The maximum absolute atomic E-state index is 12.8. The van der Waals surface area contributed by atoms with E-state index in [9.17, 15) is 39.9 Å². The fraction of sp³-hybridized carbons (Fsp3) is 0.820. The topological polar surface area (TPSA) is 186 Å². The lowest BCUT2D eigenvalue weighted by Crippen LogP contribution is -2.55. The van der Waals surface area contributed by atoms with Crippen LogP contribution in [-0.2, 0) is 24.0 Å². The van der Waals surface area contributed by atoms with Crippen molar-refractivity contribution in [3.63, 3.8) is 0 Å². The van der Waals surface area contributed by atoms with Crippen LogP contribution in [-0.4, -0.2) is 80.1 Å². The summed E-state index contributed by atoms with van der Waals surface area (Å²) < 4.78 is 0. The zero-order valence-corrected chi connectivity index (χ0v) is 90.0. The molecule has 742 valence electrons. The molecule has 10 nitrogen and oxygen atoms in total. The SMILES string of the molecule is C/C(=C/CC[C@@H](C)[C@H]1CC[C@@]2(C)C3=CCC4C(C)(C)C(=O)CC[C@]4(C)C3=CC[C@]12C)CO.CC(C)=CCC[C@@H](C)[C@H]1CC[C@@]2(C)C3=C(CC[C@]12C)[C@@]1(C)CC[C@H](O)C(C)(C)C1CC3.CCC(C)=CCC[C@@H](C)[C@H]1CC[C@@]2(C)C3=C(CC[C@]12C)[C@@]1(C)CCC(=O)C(C)(C)C1CC3.C[C@H](CC[C@H](O)[C@](C)(O)CO)[C@H]1CC[C@@]2(C)C3=CCC4C(C)(C)C(=O)CC[C@]4(C)C3=CC[C@]12C.O=C=O. The van der Waals surface area contributed by atoms with Gasteiger partial charge in [-0.05, 0) is 417 Å². The molecule has 27 atom stereocenters. The molecule has 16 aliphatic rings. The summed E-state index contributed by atoms with van der Waals surface area (Å²) in [5.41, 5.74) is 19.1. The summed E-state index contributed by atoms with van der Waals surface area (Å²) in [4.78, 5) is 54.6. The van der Waals surface area contributed by atoms with Crippen LogP contribution in [0.25, 0.3) is 0 Å². The Morgan fingerprint density at radius 1 is 0.409 bits per heavy atom. The predicted octanol–water partition coefficient (Wildman–Crippen LogP) is 30.0. The zero-order chi connectivity index (χ0) is 97.9. The number of rotatable bonds is 20. The zero-order valence-electron chi connectivity index (χ0n) is 90.0. The van der Waals surface area contributed by atoms with Gasteiger partial charge in [-0.15, -0.1) is 0 Å². The third-order valence-corrected chi connectivity index (χ3v) is 46.4. The molecule has 0 saturated heterocycles. The van der Waals surface area contributed by atoms with E-state index in [4.69, 9.17) is 9.59 Å². The Labute approximate surface area is 805 Å². The predicted molar refractivity (Wildman–Crippen MR) is 544 cm³/mol. The first kappa shape index (κ1) is 107. The Morgan fingerprint density at radius 3 is 1.16 bits per heavy atom. The Hall–Kier alpha value is -4.15. The fourth-order valence-electron chi connectivity index (χ4n) is 36.3. The molecule has 0 spiro atoms. The Bertz CT molecular complexity index is 4600. The van der Waals surface area contributed by atoms with Crippen molar-refractivity contribution in [1.82, 2.24) is 0 Å². The number of aliphatic hydroxyl groups excluding tert-OH is 4. The van der Waals surface area contributed by atoms with E-state index in [1.165, 1.54) is 172 Å². The summed E-state index contributed by atoms with van der Waals surface area (Å²) in [7, 11) is 0. The van der Waals surface area contributed by atoms with E-state index in [2.05, 4.69) is 236 Å². The number of allylic oxidation sites excluding steroid dienone is 17. The molecule has 4 unspecified atom stereocenters. The van der Waals surface area contributed by atoms with E-state index in [-0.39, 0.29) is 73.0 Å². The van der Waals surface area contributed by atoms with Crippen LogP contribution >= 0.6 is 0 Å². The summed E-state index contributed by atoms with van der Waals surface area (Å²) >= 11 is 0. The summed E-state index contributed by atoms with van der Waals surface area (Å²) in [5, 5.41) is 50.1. The minimum atomic E-state index is -1.44. The first-order chi connectivity index (χ1) is 61.3. The second-order valence-corrected chi connectivity index (χ2v) is 53.8. The van der Waals surface area contributed by atoms with Gasteiger partial charge in [-0.1, -0.05) is 255 Å². The monoisotopic (exact) mass is 1820 g/mol. The highest BCUT2D eigenvalue weighted by Gasteiger charge is 2.69. The molecule has 132 heavy (non-hydrogen) atoms. The van der Waals surface area contributed by atoms with Crippen molar-refractivity contribution in [2.45, 2.75) is 463 Å². The lowest BCUT2D eigenvalue weighted by molar-refractivity contribution is -0.191. The van der Waals surface area contributed by atoms with Gasteiger partial charge in [0.1, 0.15) is 23.0 Å². The van der Waals surface area contributed by atoms with Crippen LogP contribution in [0, 0.1) is 158 Å². The molecule has 0 aromatic carbocycles. The van der Waals surface area contributed by atoms with Gasteiger partial charge in [0, 0.05) is 35.5 Å². The molecule has 16 aliphatic carbocycles. The highest BCUT2D eigenvalue weighted by atomic mass is 16.4. The highest BCUT2D eigenvalue weighted by molar-refractivity contribution is 5.87. The third-order valence-electron chi connectivity index (χ3n) is 46.4. The first-order valence-corrected chi connectivity index (χ1v) is 54.4. The number of fused-ring (bicyclic) bond motifs is 18. The average molecular weight is 1820 g/mol. The van der Waals surface area contributed by atoms with Crippen molar-refractivity contribution in [2.75, 3.05) is 13.2 Å². The lowest BCUT2D eigenvalue weighted by atomic mass is 9.43. The molecular formula is C122H194O10. The van der Waals surface area contributed by atoms with Crippen molar-refractivity contribution in [1.29, 1.82) is 0 Å². The van der Waals surface area contributed by atoms with Gasteiger partial charge < -0.3 is 25.5 Å². The van der Waals surface area contributed by atoms with E-state index in [1.54, 1.807) is 22.3 Å². The number of aliphatic hydroxyl groups is 5. The molecule has 0 aromatic rings. The Kier molecular flexibility index (Phi) is 31.0. The van der Waals surface area contributed by atoms with Gasteiger partial charge >= 0.3 is 6.15 Å². The van der Waals surface area contributed by atoms with Crippen molar-refractivity contribution in [3.05, 3.63) is 104 Å². The molecule has 0 amide bonds. The molecule has 0 heterocycles. The number of Topliss-reactive ketones (excluding diaryl/α,β-unsaturated/α-hetero) is 3. The number of hydrogen-bond acceptors (Lipinski definition) is 10. The lowest BCUT2D eigenvalue weighted by Gasteiger charge is -2.62. The smallest absolute Gasteiger partial charge is 0.373 e. The van der Waals surface area contributed by atoms with Crippen LogP contribution in [0.3, 0.4) is 0 Å². The fourth-order valence-corrected chi connectivity index (χ4v) is 36.3. The second kappa shape index (κ2) is 38.4. The van der Waals surface area contributed by atoms with Gasteiger partial charge in [0.25, 0.3) is 0 Å². The molecular weight excluding hydrogens is 1630 g/mol. The van der Waals surface area contributed by atoms with Gasteiger partial charge in [-0.3, -0.25) is 14.4 Å². The van der Waals surface area contributed by atoms with Crippen LogP contribution < -0.4 is 0 Å². The molecule has 8 fully saturated rings. The summed E-state index contributed by atoms with van der Waals surface area (Å²) in [5.74, 6) is 9.15. The highest BCUT2D eigenvalue weighted by Crippen LogP contribution is 2.78. The molecule has 0 radical (unpaired) electrons. The largest absolute Gasteiger partial charge is 0.393 e. The molecule has 5 N–H and O–H groups in total. The van der Waals surface area contributed by atoms with Crippen LogP contribution in [0.5, 0.6) is 0 Å². The third kappa shape index (κ3) is 17.4. The summed E-state index contributed by atoms with van der Waals surface area (Å²) in [6, 6.07) is 0. The maximum Gasteiger partial charge on any atom is 0.373 e. The van der Waals surface area contributed by atoms with E-state index >= 15 is 0 Å². The minimum absolute atomic E-state index is 0.0465. The van der Waals surface area contributed by atoms with Gasteiger partial charge in [0.05, 0.1) is 25.4 Å². The van der Waals surface area contributed by atoms with Crippen LogP contribution in [0.2, 0.25) is 0 Å². The van der Waals surface area contributed by atoms with E-state index in [0.717, 1.165) is 106 Å². The number of hydrogen-bond donors (Lipinski definition) is 5. The first-order valence-electron chi connectivity index (χ1n) is 54.4. The van der Waals surface area contributed by atoms with Crippen molar-refractivity contribution >= 4 is 23.5 Å². The van der Waals surface area contributed by atoms with Gasteiger partial charge in [-0.2, -0.15) is 9.59 Å². The molecule has 0 aromatic heterocycles. The van der Waals surface area contributed by atoms with E-state index in [1.807, 2.05) is 29.2 Å². The van der Waals surface area contributed by atoms with Gasteiger partial charge in [-0.25, -0.2) is 0 Å². The molecule has 16 rings (SSSR count). The van der Waals surface area contributed by atoms with Crippen LogP contribution in [0.1, 0.15) is 445 Å². The molecule has 0 bridgehead atoms. The second-order valence-electron chi connectivity index (χ2n) is 53.8. The molecule has 0 aliphatic heterocycles. The van der Waals surface area contributed by atoms with Crippen LogP contribution in [0.4, 0.5) is 0 Å². The average Bonchev–Trinajstić information content (AvgIpc) is 1.38. The van der Waals surface area contributed by atoms with Crippen molar-refractivity contribution in [3.8, 4) is 0 Å². The number of carbonyl (C=O) groups is 3.